The lowest BCUT2D eigenvalue weighted by Gasteiger charge is -2.04. The summed E-state index contributed by atoms with van der Waals surface area (Å²) in [5.41, 5.74) is 9.27. The van der Waals surface area contributed by atoms with Crippen molar-refractivity contribution in [3.63, 3.8) is 0 Å². The molecule has 0 amide bonds. The number of hydrogen-bond donors (Lipinski definition) is 1. The molecule has 88 valence electrons. The zero-order valence-electron chi connectivity index (χ0n) is 10.1. The third-order valence-electron chi connectivity index (χ3n) is 2.87. The normalized spacial score (nSPS) is 10.4. The molecule has 0 aliphatic rings. The molecule has 0 unspecified atom stereocenters. The van der Waals surface area contributed by atoms with Gasteiger partial charge in [0.05, 0.1) is 0 Å². The number of nitrogens with zero attached hydrogens (tertiary/aromatic N) is 2. The van der Waals surface area contributed by atoms with E-state index in [-0.39, 0.29) is 0 Å². The van der Waals surface area contributed by atoms with Crippen molar-refractivity contribution in [2.45, 2.75) is 26.2 Å². The average Bonchev–Trinajstić information content (AvgIpc) is 2.38. The van der Waals surface area contributed by atoms with E-state index < -0.39 is 0 Å². The van der Waals surface area contributed by atoms with E-state index in [1.165, 1.54) is 5.56 Å². The Morgan fingerprint density at radius 3 is 2.65 bits per heavy atom. The summed E-state index contributed by atoms with van der Waals surface area (Å²) in [6.07, 6.45) is 6.48. The molecule has 0 saturated heterocycles. The molecule has 0 radical (unpaired) electrons. The second-order valence-corrected chi connectivity index (χ2v) is 4.06. The Kier molecular flexibility index (Phi) is 3.70. The molecule has 17 heavy (non-hydrogen) atoms. The van der Waals surface area contributed by atoms with Gasteiger partial charge in [-0.15, -0.1) is 0 Å². The SMILES string of the molecule is CCc1ccc(CCc2cccnc2N)nc1. The van der Waals surface area contributed by atoms with Crippen molar-refractivity contribution >= 4 is 5.82 Å². The van der Waals surface area contributed by atoms with Crippen molar-refractivity contribution in [2.24, 2.45) is 0 Å². The van der Waals surface area contributed by atoms with Crippen LogP contribution in [0, 0.1) is 0 Å². The third-order valence-corrected chi connectivity index (χ3v) is 2.87. The molecule has 2 heterocycles. The topological polar surface area (TPSA) is 51.8 Å². The lowest BCUT2D eigenvalue weighted by Crippen LogP contribution is -2.00. The molecule has 0 aromatic carbocycles. The highest BCUT2D eigenvalue weighted by atomic mass is 14.8. The predicted octanol–water partition coefficient (Wildman–Crippen LogP) is 2.41. The fourth-order valence-electron chi connectivity index (χ4n) is 1.74. The summed E-state index contributed by atoms with van der Waals surface area (Å²) in [7, 11) is 0. The van der Waals surface area contributed by atoms with Gasteiger partial charge >= 0.3 is 0 Å². The minimum absolute atomic E-state index is 0.623. The molecule has 3 nitrogen and oxygen atoms in total. The molecule has 0 aliphatic carbocycles. The van der Waals surface area contributed by atoms with Crippen LogP contribution in [0.5, 0.6) is 0 Å². The maximum atomic E-state index is 5.80. The molecule has 0 atom stereocenters. The van der Waals surface area contributed by atoms with Gasteiger partial charge in [-0.05, 0) is 42.5 Å². The minimum atomic E-state index is 0.623. The third kappa shape index (κ3) is 3.03. The summed E-state index contributed by atoms with van der Waals surface area (Å²) in [5, 5.41) is 0. The van der Waals surface area contributed by atoms with Gasteiger partial charge in [0.1, 0.15) is 5.82 Å². The van der Waals surface area contributed by atoms with E-state index >= 15 is 0 Å². The van der Waals surface area contributed by atoms with Crippen LogP contribution in [0.2, 0.25) is 0 Å². The number of aryl methyl sites for hydroxylation is 3. The van der Waals surface area contributed by atoms with E-state index in [0.29, 0.717) is 5.82 Å². The van der Waals surface area contributed by atoms with Crippen molar-refractivity contribution in [1.82, 2.24) is 9.97 Å². The molecular weight excluding hydrogens is 210 g/mol. The van der Waals surface area contributed by atoms with Crippen LogP contribution >= 0.6 is 0 Å². The monoisotopic (exact) mass is 227 g/mol. The number of nitrogen functional groups attached to an aromatic ring is 1. The van der Waals surface area contributed by atoms with E-state index in [4.69, 9.17) is 5.73 Å². The van der Waals surface area contributed by atoms with Gasteiger partial charge in [-0.25, -0.2) is 4.98 Å². The first-order chi connectivity index (χ1) is 8.29. The molecule has 2 aromatic heterocycles. The van der Waals surface area contributed by atoms with Crippen molar-refractivity contribution < 1.29 is 0 Å². The summed E-state index contributed by atoms with van der Waals surface area (Å²) in [5.74, 6) is 0.623. The molecule has 0 aliphatic heterocycles. The standard InChI is InChI=1S/C14H17N3/c1-2-11-5-7-13(17-10-11)8-6-12-4-3-9-16-14(12)15/h3-5,7,9-10H,2,6,8H2,1H3,(H2,15,16). The second kappa shape index (κ2) is 5.43. The summed E-state index contributed by atoms with van der Waals surface area (Å²) in [6, 6.07) is 8.16. The summed E-state index contributed by atoms with van der Waals surface area (Å²) < 4.78 is 0. The maximum Gasteiger partial charge on any atom is 0.126 e. The fraction of sp³-hybridized carbons (Fsp3) is 0.286. The van der Waals surface area contributed by atoms with Gasteiger partial charge in [0.15, 0.2) is 0 Å². The highest BCUT2D eigenvalue weighted by Gasteiger charge is 2.01. The van der Waals surface area contributed by atoms with Gasteiger partial charge in [0, 0.05) is 18.1 Å². The predicted molar refractivity (Wildman–Crippen MR) is 69.7 cm³/mol. The fourth-order valence-corrected chi connectivity index (χ4v) is 1.74. The van der Waals surface area contributed by atoms with Crippen molar-refractivity contribution in [2.75, 3.05) is 5.73 Å². The highest BCUT2D eigenvalue weighted by molar-refractivity contribution is 5.38. The highest BCUT2D eigenvalue weighted by Crippen LogP contribution is 2.11. The molecule has 2 rings (SSSR count). The van der Waals surface area contributed by atoms with Gasteiger partial charge in [-0.1, -0.05) is 19.1 Å². The largest absolute Gasteiger partial charge is 0.383 e. The zero-order chi connectivity index (χ0) is 12.1. The number of pyridine rings is 2. The van der Waals surface area contributed by atoms with Gasteiger partial charge in [-0.3, -0.25) is 4.98 Å². The summed E-state index contributed by atoms with van der Waals surface area (Å²) in [6.45, 7) is 2.13. The van der Waals surface area contributed by atoms with E-state index in [1.54, 1.807) is 6.20 Å². The quantitative estimate of drug-likeness (QED) is 0.872. The van der Waals surface area contributed by atoms with E-state index in [9.17, 15) is 0 Å². The van der Waals surface area contributed by atoms with Crippen LogP contribution in [0.3, 0.4) is 0 Å². The molecule has 2 aromatic rings. The van der Waals surface area contributed by atoms with Crippen LogP contribution < -0.4 is 5.73 Å². The summed E-state index contributed by atoms with van der Waals surface area (Å²) in [4.78, 5) is 8.51. The Bertz CT molecular complexity index is 477. The molecule has 0 fully saturated rings. The number of aromatic nitrogens is 2. The lowest BCUT2D eigenvalue weighted by molar-refractivity contribution is 0.903. The van der Waals surface area contributed by atoms with Gasteiger partial charge < -0.3 is 5.73 Å². The zero-order valence-corrected chi connectivity index (χ0v) is 10.1. The Labute approximate surface area is 102 Å². The van der Waals surface area contributed by atoms with Crippen LogP contribution in [0.1, 0.15) is 23.7 Å². The van der Waals surface area contributed by atoms with E-state index in [2.05, 4.69) is 29.0 Å². The first kappa shape index (κ1) is 11.6. The Hall–Kier alpha value is -1.90. The van der Waals surface area contributed by atoms with E-state index in [0.717, 1.165) is 30.5 Å². The second-order valence-electron chi connectivity index (χ2n) is 4.06. The van der Waals surface area contributed by atoms with Crippen LogP contribution in [0.4, 0.5) is 5.82 Å². The van der Waals surface area contributed by atoms with E-state index in [1.807, 2.05) is 18.3 Å². The maximum absolute atomic E-state index is 5.80. The van der Waals surface area contributed by atoms with Crippen LogP contribution in [0.15, 0.2) is 36.7 Å². The minimum Gasteiger partial charge on any atom is -0.383 e. The molecule has 3 heteroatoms. The number of rotatable bonds is 4. The molecule has 2 N–H and O–H groups in total. The van der Waals surface area contributed by atoms with Crippen molar-refractivity contribution in [3.8, 4) is 0 Å². The Morgan fingerprint density at radius 2 is 2.00 bits per heavy atom. The smallest absolute Gasteiger partial charge is 0.126 e. The first-order valence-corrected chi connectivity index (χ1v) is 5.92. The molecule has 0 saturated carbocycles. The van der Waals surface area contributed by atoms with Crippen LogP contribution in [-0.2, 0) is 19.3 Å². The number of hydrogen-bond acceptors (Lipinski definition) is 3. The van der Waals surface area contributed by atoms with Crippen molar-refractivity contribution in [1.29, 1.82) is 0 Å². The van der Waals surface area contributed by atoms with Crippen LogP contribution in [-0.4, -0.2) is 9.97 Å². The molecular formula is C14H17N3. The van der Waals surface area contributed by atoms with Crippen molar-refractivity contribution in [3.05, 3.63) is 53.5 Å². The van der Waals surface area contributed by atoms with Crippen LogP contribution in [0.25, 0.3) is 0 Å². The van der Waals surface area contributed by atoms with Gasteiger partial charge in [-0.2, -0.15) is 0 Å². The number of anilines is 1. The molecule has 0 bridgehead atoms. The number of nitrogens with two attached hydrogens (primary N) is 1. The Morgan fingerprint density at radius 1 is 1.12 bits per heavy atom. The average molecular weight is 227 g/mol. The summed E-state index contributed by atoms with van der Waals surface area (Å²) >= 11 is 0. The molecule has 0 spiro atoms. The lowest BCUT2D eigenvalue weighted by atomic mass is 10.1. The first-order valence-electron chi connectivity index (χ1n) is 5.92. The van der Waals surface area contributed by atoms with Gasteiger partial charge in [0.2, 0.25) is 0 Å². The Balaban J connectivity index is 2.00. The van der Waals surface area contributed by atoms with Gasteiger partial charge in [0.25, 0.3) is 0 Å².